The minimum atomic E-state index is 1.00. The van der Waals surface area contributed by atoms with Crippen LogP contribution in [0.25, 0.3) is 21.8 Å². The Labute approximate surface area is 87.6 Å². The summed E-state index contributed by atoms with van der Waals surface area (Å²) in [5.74, 6) is 0. The smallest absolute Gasteiger partial charge is 0.0814 e. The molecule has 2 nitrogen and oxygen atoms in total. The van der Waals surface area contributed by atoms with Gasteiger partial charge in [0.2, 0.25) is 0 Å². The van der Waals surface area contributed by atoms with Crippen molar-refractivity contribution in [2.75, 3.05) is 0 Å². The van der Waals surface area contributed by atoms with Crippen LogP contribution >= 0.6 is 0 Å². The number of para-hydroxylation sites is 1. The molecule has 0 spiro atoms. The van der Waals surface area contributed by atoms with Crippen LogP contribution in [0.3, 0.4) is 0 Å². The fourth-order valence-corrected chi connectivity index (χ4v) is 1.87. The second kappa shape index (κ2) is 3.02. The minimum absolute atomic E-state index is 1.00. The number of aromatic nitrogens is 2. The summed E-state index contributed by atoms with van der Waals surface area (Å²) in [6.45, 7) is 2.08. The van der Waals surface area contributed by atoms with Crippen LogP contribution in [0.5, 0.6) is 0 Å². The normalized spacial score (nSPS) is 11.0. The molecule has 0 atom stereocenters. The van der Waals surface area contributed by atoms with Gasteiger partial charge < -0.3 is 0 Å². The first-order chi connectivity index (χ1) is 7.36. The average molecular weight is 194 g/mol. The third-order valence-corrected chi connectivity index (χ3v) is 2.70. The topological polar surface area (TPSA) is 25.8 Å². The molecule has 0 N–H and O–H groups in total. The molecule has 0 aliphatic heterocycles. The summed E-state index contributed by atoms with van der Waals surface area (Å²) < 4.78 is 0. The first kappa shape index (κ1) is 8.36. The molecule has 2 aromatic heterocycles. The molecule has 15 heavy (non-hydrogen) atoms. The van der Waals surface area contributed by atoms with Crippen LogP contribution < -0.4 is 0 Å². The van der Waals surface area contributed by atoms with E-state index in [2.05, 4.69) is 23.0 Å². The van der Waals surface area contributed by atoms with Crippen molar-refractivity contribution in [2.45, 2.75) is 6.92 Å². The molecule has 72 valence electrons. The van der Waals surface area contributed by atoms with Crippen molar-refractivity contribution in [1.82, 2.24) is 9.97 Å². The zero-order valence-electron chi connectivity index (χ0n) is 8.44. The molecule has 0 aliphatic carbocycles. The first-order valence-corrected chi connectivity index (χ1v) is 4.95. The van der Waals surface area contributed by atoms with Gasteiger partial charge in [-0.05, 0) is 24.6 Å². The Morgan fingerprint density at radius 3 is 2.73 bits per heavy atom. The zero-order chi connectivity index (χ0) is 10.3. The van der Waals surface area contributed by atoms with E-state index < -0.39 is 0 Å². The minimum Gasteiger partial charge on any atom is -0.255 e. The lowest BCUT2D eigenvalue weighted by molar-refractivity contribution is 1.35. The van der Waals surface area contributed by atoms with Gasteiger partial charge in [0, 0.05) is 23.2 Å². The number of fused-ring (bicyclic) bond motifs is 3. The molecule has 0 fully saturated rings. The van der Waals surface area contributed by atoms with Crippen LogP contribution in [0.2, 0.25) is 0 Å². The van der Waals surface area contributed by atoms with Gasteiger partial charge in [-0.2, -0.15) is 0 Å². The van der Waals surface area contributed by atoms with Gasteiger partial charge in [-0.25, -0.2) is 0 Å². The number of nitrogens with zero attached hydrogens (tertiary/aromatic N) is 2. The Hall–Kier alpha value is -1.96. The van der Waals surface area contributed by atoms with Gasteiger partial charge in [-0.3, -0.25) is 9.97 Å². The molecule has 0 amide bonds. The van der Waals surface area contributed by atoms with Gasteiger partial charge >= 0.3 is 0 Å². The molecule has 3 rings (SSSR count). The van der Waals surface area contributed by atoms with Gasteiger partial charge in [0.1, 0.15) is 0 Å². The van der Waals surface area contributed by atoms with E-state index >= 15 is 0 Å². The SMILES string of the molecule is Cc1ccnc2c1cnc1ccccc12. The maximum atomic E-state index is 4.43. The molecule has 0 unspecified atom stereocenters. The highest BCUT2D eigenvalue weighted by molar-refractivity contribution is 6.03. The van der Waals surface area contributed by atoms with E-state index in [1.54, 1.807) is 0 Å². The lowest BCUT2D eigenvalue weighted by Gasteiger charge is -2.03. The van der Waals surface area contributed by atoms with Crippen LogP contribution in [0.1, 0.15) is 5.56 Å². The Morgan fingerprint density at radius 2 is 1.80 bits per heavy atom. The highest BCUT2D eigenvalue weighted by Crippen LogP contribution is 2.22. The van der Waals surface area contributed by atoms with Gasteiger partial charge in [0.05, 0.1) is 11.0 Å². The van der Waals surface area contributed by atoms with Crippen molar-refractivity contribution in [3.05, 3.63) is 48.3 Å². The Kier molecular flexibility index (Phi) is 1.68. The van der Waals surface area contributed by atoms with E-state index in [-0.39, 0.29) is 0 Å². The van der Waals surface area contributed by atoms with Gasteiger partial charge in [0.15, 0.2) is 0 Å². The second-order valence-electron chi connectivity index (χ2n) is 3.67. The third-order valence-electron chi connectivity index (χ3n) is 2.70. The summed E-state index contributed by atoms with van der Waals surface area (Å²) in [6.07, 6.45) is 3.75. The maximum Gasteiger partial charge on any atom is 0.0814 e. The van der Waals surface area contributed by atoms with E-state index in [9.17, 15) is 0 Å². The molecule has 0 radical (unpaired) electrons. The molecule has 0 saturated heterocycles. The molecule has 0 saturated carbocycles. The van der Waals surface area contributed by atoms with Gasteiger partial charge in [0.25, 0.3) is 0 Å². The summed E-state index contributed by atoms with van der Waals surface area (Å²) in [7, 11) is 0. The Balaban J connectivity index is 2.60. The van der Waals surface area contributed by atoms with Crippen molar-refractivity contribution < 1.29 is 0 Å². The number of benzene rings is 1. The quantitative estimate of drug-likeness (QED) is 0.514. The van der Waals surface area contributed by atoms with Crippen LogP contribution in [0.4, 0.5) is 0 Å². The molecule has 2 heteroatoms. The molecule has 0 bridgehead atoms. The van der Waals surface area contributed by atoms with Crippen molar-refractivity contribution in [3.63, 3.8) is 0 Å². The standard InChI is InChI=1S/C13H10N2/c1-9-6-7-14-13-10-4-2-3-5-12(10)15-8-11(9)13/h2-8H,1H3. The third kappa shape index (κ3) is 1.18. The van der Waals surface area contributed by atoms with Crippen LogP contribution in [-0.4, -0.2) is 9.97 Å². The van der Waals surface area contributed by atoms with Crippen molar-refractivity contribution >= 4 is 21.8 Å². The summed E-state index contributed by atoms with van der Waals surface area (Å²) in [5.41, 5.74) is 3.27. The van der Waals surface area contributed by atoms with E-state index in [1.165, 1.54) is 5.56 Å². The zero-order valence-corrected chi connectivity index (χ0v) is 8.44. The van der Waals surface area contributed by atoms with E-state index in [0.29, 0.717) is 0 Å². The van der Waals surface area contributed by atoms with Crippen LogP contribution in [0.15, 0.2) is 42.7 Å². The Bertz CT molecular complexity index is 644. The van der Waals surface area contributed by atoms with E-state index in [0.717, 1.165) is 21.8 Å². The predicted molar refractivity (Wildman–Crippen MR) is 61.8 cm³/mol. The molecular weight excluding hydrogens is 184 g/mol. The Morgan fingerprint density at radius 1 is 0.933 bits per heavy atom. The fraction of sp³-hybridized carbons (Fsp3) is 0.0769. The molecule has 1 aromatic carbocycles. The van der Waals surface area contributed by atoms with E-state index in [1.807, 2.05) is 36.7 Å². The number of rotatable bonds is 0. The van der Waals surface area contributed by atoms with Gasteiger partial charge in [-0.15, -0.1) is 0 Å². The highest BCUT2D eigenvalue weighted by atomic mass is 14.7. The number of pyridine rings is 2. The first-order valence-electron chi connectivity index (χ1n) is 4.95. The highest BCUT2D eigenvalue weighted by Gasteiger charge is 2.03. The summed E-state index contributed by atoms with van der Waals surface area (Å²) in [4.78, 5) is 8.86. The summed E-state index contributed by atoms with van der Waals surface area (Å²) in [5, 5.41) is 2.26. The van der Waals surface area contributed by atoms with Crippen LogP contribution in [-0.2, 0) is 0 Å². The fourth-order valence-electron chi connectivity index (χ4n) is 1.87. The second-order valence-corrected chi connectivity index (χ2v) is 3.67. The summed E-state index contributed by atoms with van der Waals surface area (Å²) >= 11 is 0. The molecular formula is C13H10N2. The molecule has 2 heterocycles. The largest absolute Gasteiger partial charge is 0.255 e. The lowest BCUT2D eigenvalue weighted by Crippen LogP contribution is -1.86. The average Bonchev–Trinajstić information content (AvgIpc) is 2.29. The van der Waals surface area contributed by atoms with Crippen molar-refractivity contribution in [2.24, 2.45) is 0 Å². The van der Waals surface area contributed by atoms with Gasteiger partial charge in [-0.1, -0.05) is 18.2 Å². The lowest BCUT2D eigenvalue weighted by atomic mass is 10.1. The monoisotopic (exact) mass is 194 g/mol. The number of hydrogen-bond donors (Lipinski definition) is 0. The maximum absolute atomic E-state index is 4.43. The van der Waals surface area contributed by atoms with Crippen molar-refractivity contribution in [3.8, 4) is 0 Å². The number of aryl methyl sites for hydroxylation is 1. The van der Waals surface area contributed by atoms with E-state index in [4.69, 9.17) is 0 Å². The molecule has 0 aliphatic rings. The summed E-state index contributed by atoms with van der Waals surface area (Å²) in [6, 6.07) is 10.1. The van der Waals surface area contributed by atoms with Crippen LogP contribution in [0, 0.1) is 6.92 Å². The number of hydrogen-bond acceptors (Lipinski definition) is 2. The predicted octanol–water partition coefficient (Wildman–Crippen LogP) is 3.09. The van der Waals surface area contributed by atoms with Crippen molar-refractivity contribution in [1.29, 1.82) is 0 Å². The molecule has 3 aromatic rings.